The summed E-state index contributed by atoms with van der Waals surface area (Å²) in [5.41, 5.74) is 0. The molecule has 1 aromatic rings. The fourth-order valence-corrected chi connectivity index (χ4v) is 1.11. The molecule has 0 unspecified atom stereocenters. The first-order valence-corrected chi connectivity index (χ1v) is 5.12. The number of rotatable bonds is 6. The number of hydrogen-bond donors (Lipinski definition) is 2. The van der Waals surface area contributed by atoms with Gasteiger partial charge in [-0.2, -0.15) is 0 Å². The third-order valence-electron chi connectivity index (χ3n) is 2.16. The molecule has 1 heterocycles. The van der Waals surface area contributed by atoms with E-state index in [1.807, 2.05) is 18.9 Å². The molecule has 6 heteroatoms. The summed E-state index contributed by atoms with van der Waals surface area (Å²) in [4.78, 5) is 20.4. The highest BCUT2D eigenvalue weighted by Gasteiger charge is 2.02. The van der Waals surface area contributed by atoms with Crippen molar-refractivity contribution in [1.82, 2.24) is 9.97 Å². The van der Waals surface area contributed by atoms with E-state index in [0.29, 0.717) is 12.4 Å². The molecule has 88 valence electrons. The molecule has 1 aromatic heterocycles. The van der Waals surface area contributed by atoms with Crippen LogP contribution < -0.4 is 10.2 Å². The summed E-state index contributed by atoms with van der Waals surface area (Å²) >= 11 is 0. The number of nitrogens with zero attached hydrogens (tertiary/aromatic N) is 3. The summed E-state index contributed by atoms with van der Waals surface area (Å²) < 4.78 is 0. The maximum atomic E-state index is 10.3. The van der Waals surface area contributed by atoms with E-state index >= 15 is 0 Å². The molecule has 0 fully saturated rings. The lowest BCUT2D eigenvalue weighted by molar-refractivity contribution is -0.136. The molecule has 0 aliphatic heterocycles. The molecule has 0 amide bonds. The lowest BCUT2D eigenvalue weighted by Crippen LogP contribution is -2.18. The highest BCUT2D eigenvalue weighted by atomic mass is 16.4. The van der Waals surface area contributed by atoms with Gasteiger partial charge in [-0.05, 0) is 6.92 Å². The van der Waals surface area contributed by atoms with E-state index in [9.17, 15) is 4.79 Å². The standard InChI is InChI=1S/C10H16N4O2/c1-3-14(2)9-6-8(12-7-13-9)11-5-4-10(15)16/h6-7H,3-5H2,1-2H3,(H,15,16)(H,11,12,13). The van der Waals surface area contributed by atoms with Crippen LogP contribution in [0.2, 0.25) is 0 Å². The number of carboxylic acids is 1. The Balaban J connectivity index is 2.57. The van der Waals surface area contributed by atoms with Crippen LogP contribution in [0.25, 0.3) is 0 Å². The largest absolute Gasteiger partial charge is 0.481 e. The molecule has 2 N–H and O–H groups in total. The monoisotopic (exact) mass is 224 g/mol. The highest BCUT2D eigenvalue weighted by Crippen LogP contribution is 2.11. The topological polar surface area (TPSA) is 78.4 Å². The van der Waals surface area contributed by atoms with Crippen LogP contribution in [0.3, 0.4) is 0 Å². The Morgan fingerprint density at radius 3 is 2.94 bits per heavy atom. The Kier molecular flexibility index (Phi) is 4.50. The van der Waals surface area contributed by atoms with Gasteiger partial charge < -0.3 is 15.3 Å². The molecule has 16 heavy (non-hydrogen) atoms. The molecular formula is C10H16N4O2. The molecule has 0 saturated heterocycles. The Morgan fingerprint density at radius 1 is 1.56 bits per heavy atom. The van der Waals surface area contributed by atoms with Crippen molar-refractivity contribution >= 4 is 17.6 Å². The summed E-state index contributed by atoms with van der Waals surface area (Å²) in [5.74, 6) is 0.634. The van der Waals surface area contributed by atoms with E-state index in [0.717, 1.165) is 12.4 Å². The minimum atomic E-state index is -0.826. The summed E-state index contributed by atoms with van der Waals surface area (Å²) in [6.07, 6.45) is 1.54. The molecule has 1 rings (SSSR count). The zero-order valence-corrected chi connectivity index (χ0v) is 9.47. The van der Waals surface area contributed by atoms with Crippen LogP contribution in [0.4, 0.5) is 11.6 Å². The van der Waals surface area contributed by atoms with Crippen molar-refractivity contribution in [1.29, 1.82) is 0 Å². The number of aliphatic carboxylic acids is 1. The maximum Gasteiger partial charge on any atom is 0.305 e. The van der Waals surface area contributed by atoms with Gasteiger partial charge in [0.25, 0.3) is 0 Å². The molecule has 0 spiro atoms. The van der Waals surface area contributed by atoms with Gasteiger partial charge >= 0.3 is 5.97 Å². The molecule has 0 radical (unpaired) electrons. The predicted octanol–water partition coefficient (Wildman–Crippen LogP) is 0.819. The van der Waals surface area contributed by atoms with Gasteiger partial charge in [-0.15, -0.1) is 0 Å². The first-order chi connectivity index (χ1) is 7.63. The van der Waals surface area contributed by atoms with Crippen LogP contribution in [0.1, 0.15) is 13.3 Å². The van der Waals surface area contributed by atoms with E-state index in [4.69, 9.17) is 5.11 Å². The fourth-order valence-electron chi connectivity index (χ4n) is 1.11. The average Bonchev–Trinajstić information content (AvgIpc) is 2.28. The SMILES string of the molecule is CCN(C)c1cc(NCCC(=O)O)ncn1. The van der Waals surface area contributed by atoms with Crippen LogP contribution in [0.15, 0.2) is 12.4 Å². The Bertz CT molecular complexity index is 356. The second-order valence-corrected chi connectivity index (χ2v) is 3.35. The van der Waals surface area contributed by atoms with Crippen LogP contribution in [0.5, 0.6) is 0 Å². The van der Waals surface area contributed by atoms with Gasteiger partial charge in [0, 0.05) is 26.2 Å². The normalized spacial score (nSPS) is 9.88. The zero-order chi connectivity index (χ0) is 12.0. The summed E-state index contributed by atoms with van der Waals surface area (Å²) in [5, 5.41) is 11.4. The third kappa shape index (κ3) is 3.72. The maximum absolute atomic E-state index is 10.3. The van der Waals surface area contributed by atoms with Crippen LogP contribution >= 0.6 is 0 Å². The van der Waals surface area contributed by atoms with E-state index < -0.39 is 5.97 Å². The molecule has 0 saturated carbocycles. The summed E-state index contributed by atoms with van der Waals surface area (Å²) in [7, 11) is 1.93. The van der Waals surface area contributed by atoms with E-state index in [1.54, 1.807) is 6.07 Å². The Morgan fingerprint density at radius 2 is 2.31 bits per heavy atom. The van der Waals surface area contributed by atoms with Crippen LogP contribution in [-0.2, 0) is 4.79 Å². The van der Waals surface area contributed by atoms with Crippen molar-refractivity contribution < 1.29 is 9.90 Å². The number of carboxylic acid groups (broad SMARTS) is 1. The lowest BCUT2D eigenvalue weighted by Gasteiger charge is -2.15. The molecule has 6 nitrogen and oxygen atoms in total. The second-order valence-electron chi connectivity index (χ2n) is 3.35. The second kappa shape index (κ2) is 5.89. The number of carbonyl (C=O) groups is 1. The number of hydrogen-bond acceptors (Lipinski definition) is 5. The molecule has 0 aliphatic rings. The van der Waals surface area contributed by atoms with Gasteiger partial charge in [-0.25, -0.2) is 9.97 Å². The van der Waals surface area contributed by atoms with Gasteiger partial charge in [0.2, 0.25) is 0 Å². The van der Waals surface area contributed by atoms with Crippen molar-refractivity contribution in [2.45, 2.75) is 13.3 Å². The van der Waals surface area contributed by atoms with E-state index in [1.165, 1.54) is 6.33 Å². The van der Waals surface area contributed by atoms with Crippen molar-refractivity contribution in [3.63, 3.8) is 0 Å². The molecule has 0 bridgehead atoms. The first kappa shape index (κ1) is 12.2. The predicted molar refractivity (Wildman–Crippen MR) is 61.7 cm³/mol. The van der Waals surface area contributed by atoms with E-state index in [-0.39, 0.29) is 6.42 Å². The van der Waals surface area contributed by atoms with Crippen molar-refractivity contribution in [2.75, 3.05) is 30.4 Å². The van der Waals surface area contributed by atoms with Crippen molar-refractivity contribution in [3.05, 3.63) is 12.4 Å². The van der Waals surface area contributed by atoms with Crippen LogP contribution in [0, 0.1) is 0 Å². The quantitative estimate of drug-likeness (QED) is 0.744. The van der Waals surface area contributed by atoms with Crippen molar-refractivity contribution in [3.8, 4) is 0 Å². The van der Waals surface area contributed by atoms with Crippen LogP contribution in [-0.4, -0.2) is 41.2 Å². The number of nitrogens with one attached hydrogen (secondary N) is 1. The Labute approximate surface area is 94.3 Å². The lowest BCUT2D eigenvalue weighted by atomic mass is 10.4. The highest BCUT2D eigenvalue weighted by molar-refractivity contribution is 5.67. The van der Waals surface area contributed by atoms with Gasteiger partial charge in [0.15, 0.2) is 0 Å². The number of anilines is 2. The van der Waals surface area contributed by atoms with Gasteiger partial charge in [-0.3, -0.25) is 4.79 Å². The Hall–Kier alpha value is -1.85. The van der Waals surface area contributed by atoms with Gasteiger partial charge in [0.05, 0.1) is 6.42 Å². The van der Waals surface area contributed by atoms with Gasteiger partial charge in [-0.1, -0.05) is 0 Å². The van der Waals surface area contributed by atoms with Gasteiger partial charge in [0.1, 0.15) is 18.0 Å². The summed E-state index contributed by atoms with van der Waals surface area (Å²) in [6.45, 7) is 3.24. The van der Waals surface area contributed by atoms with E-state index in [2.05, 4.69) is 15.3 Å². The third-order valence-corrected chi connectivity index (χ3v) is 2.16. The molecule has 0 aromatic carbocycles. The fraction of sp³-hybridized carbons (Fsp3) is 0.500. The smallest absolute Gasteiger partial charge is 0.305 e. The number of aromatic nitrogens is 2. The molecule has 0 atom stereocenters. The summed E-state index contributed by atoms with van der Waals surface area (Å²) in [6, 6.07) is 1.80. The molecular weight excluding hydrogens is 208 g/mol. The minimum Gasteiger partial charge on any atom is -0.481 e. The average molecular weight is 224 g/mol. The zero-order valence-electron chi connectivity index (χ0n) is 9.47. The van der Waals surface area contributed by atoms with Crippen molar-refractivity contribution in [2.24, 2.45) is 0 Å². The minimum absolute atomic E-state index is 0.0724. The first-order valence-electron chi connectivity index (χ1n) is 5.12. The molecule has 0 aliphatic carbocycles.